The van der Waals surface area contributed by atoms with Crippen LogP contribution in [0.25, 0.3) is 10.2 Å². The molecule has 134 valence electrons. The summed E-state index contributed by atoms with van der Waals surface area (Å²) in [6, 6.07) is 4.49. The number of aryl methyl sites for hydroxylation is 2. The molecule has 0 N–H and O–H groups in total. The molecule has 1 unspecified atom stereocenters. The van der Waals surface area contributed by atoms with Crippen molar-refractivity contribution in [3.05, 3.63) is 39.2 Å². The first-order valence-electron chi connectivity index (χ1n) is 9.02. The Bertz CT molecular complexity index is 951. The third kappa shape index (κ3) is 2.86. The number of thiophene rings is 2. The van der Waals surface area contributed by atoms with Crippen LogP contribution >= 0.6 is 34.4 Å². The number of amides is 1. The van der Waals surface area contributed by atoms with Crippen molar-refractivity contribution in [2.75, 3.05) is 12.3 Å². The fourth-order valence-electron chi connectivity index (χ4n) is 4.06. The highest BCUT2D eigenvalue weighted by molar-refractivity contribution is 8.00. The van der Waals surface area contributed by atoms with Gasteiger partial charge in [-0.3, -0.25) is 4.79 Å². The first-order chi connectivity index (χ1) is 12.8. The Kier molecular flexibility index (Phi) is 4.46. The summed E-state index contributed by atoms with van der Waals surface area (Å²) in [6.45, 7) is 0.870. The molecule has 0 radical (unpaired) electrons. The fraction of sp³-hybridized carbons (Fsp3) is 0.421. The minimum Gasteiger partial charge on any atom is -0.334 e. The van der Waals surface area contributed by atoms with Crippen molar-refractivity contribution < 1.29 is 4.79 Å². The molecule has 1 fully saturated rings. The Morgan fingerprint density at radius 2 is 2.27 bits per heavy atom. The van der Waals surface area contributed by atoms with Gasteiger partial charge in [-0.1, -0.05) is 17.8 Å². The maximum absolute atomic E-state index is 12.9. The third-order valence-electron chi connectivity index (χ3n) is 5.24. The Balaban J connectivity index is 1.35. The molecular formula is C19H19N3OS3. The van der Waals surface area contributed by atoms with Gasteiger partial charge in [-0.15, -0.1) is 22.7 Å². The van der Waals surface area contributed by atoms with Gasteiger partial charge in [-0.05, 0) is 49.1 Å². The van der Waals surface area contributed by atoms with Gasteiger partial charge in [0.1, 0.15) is 16.2 Å². The third-order valence-corrected chi connectivity index (χ3v) is 8.39. The lowest BCUT2D eigenvalue weighted by atomic mass is 10.2. The number of thioether (sulfide) groups is 1. The second-order valence-corrected chi connectivity index (χ2v) is 9.79. The van der Waals surface area contributed by atoms with E-state index in [9.17, 15) is 4.79 Å². The highest BCUT2D eigenvalue weighted by Gasteiger charge is 2.30. The van der Waals surface area contributed by atoms with Crippen LogP contribution in [0, 0.1) is 0 Å². The van der Waals surface area contributed by atoms with Crippen LogP contribution in [-0.4, -0.2) is 33.1 Å². The van der Waals surface area contributed by atoms with E-state index in [1.807, 2.05) is 0 Å². The van der Waals surface area contributed by atoms with Crippen molar-refractivity contribution in [3.8, 4) is 0 Å². The lowest BCUT2D eigenvalue weighted by molar-refractivity contribution is -0.129. The molecule has 26 heavy (non-hydrogen) atoms. The van der Waals surface area contributed by atoms with Gasteiger partial charge >= 0.3 is 0 Å². The molecule has 4 heterocycles. The van der Waals surface area contributed by atoms with E-state index in [-0.39, 0.29) is 11.9 Å². The SMILES string of the molecule is O=C(CSc1ncnc2sc3c(c12)CCC3)N1CCCC1c1cccs1. The van der Waals surface area contributed by atoms with E-state index < -0.39 is 0 Å². The molecule has 0 spiro atoms. The van der Waals surface area contributed by atoms with Crippen molar-refractivity contribution in [3.63, 3.8) is 0 Å². The number of fused-ring (bicyclic) bond motifs is 3. The molecule has 1 aliphatic heterocycles. The number of aromatic nitrogens is 2. The van der Waals surface area contributed by atoms with Gasteiger partial charge in [0.05, 0.1) is 11.8 Å². The molecule has 5 rings (SSSR count). The summed E-state index contributed by atoms with van der Waals surface area (Å²) in [7, 11) is 0. The van der Waals surface area contributed by atoms with E-state index in [0.717, 1.165) is 42.1 Å². The van der Waals surface area contributed by atoms with Crippen LogP contribution < -0.4 is 0 Å². The summed E-state index contributed by atoms with van der Waals surface area (Å²) < 4.78 is 0. The van der Waals surface area contributed by atoms with E-state index >= 15 is 0 Å². The van der Waals surface area contributed by atoms with E-state index in [4.69, 9.17) is 0 Å². The lowest BCUT2D eigenvalue weighted by Crippen LogP contribution is -2.31. The summed E-state index contributed by atoms with van der Waals surface area (Å²) in [5, 5.41) is 4.29. The number of carbonyl (C=O) groups is 1. The van der Waals surface area contributed by atoms with Gasteiger partial charge in [0.15, 0.2) is 0 Å². The largest absolute Gasteiger partial charge is 0.334 e. The topological polar surface area (TPSA) is 46.1 Å². The second-order valence-electron chi connectivity index (χ2n) is 6.77. The maximum Gasteiger partial charge on any atom is 0.233 e. The molecule has 3 aromatic rings. The van der Waals surface area contributed by atoms with Crippen molar-refractivity contribution in [2.45, 2.75) is 43.2 Å². The van der Waals surface area contributed by atoms with Crippen molar-refractivity contribution >= 4 is 50.6 Å². The average Bonchev–Trinajstić information content (AvgIpc) is 3.42. The molecule has 1 atom stereocenters. The highest BCUT2D eigenvalue weighted by Crippen LogP contribution is 2.40. The second kappa shape index (κ2) is 6.94. The van der Waals surface area contributed by atoms with Crippen LogP contribution in [0.2, 0.25) is 0 Å². The molecule has 0 saturated carbocycles. The van der Waals surface area contributed by atoms with Gasteiger partial charge in [-0.25, -0.2) is 9.97 Å². The van der Waals surface area contributed by atoms with Crippen LogP contribution in [0.4, 0.5) is 0 Å². The molecule has 3 aromatic heterocycles. The predicted molar refractivity (Wildman–Crippen MR) is 108 cm³/mol. The Morgan fingerprint density at radius 1 is 1.31 bits per heavy atom. The first-order valence-corrected chi connectivity index (χ1v) is 11.7. The monoisotopic (exact) mass is 401 g/mol. The van der Waals surface area contributed by atoms with Gasteiger partial charge in [0, 0.05) is 21.7 Å². The standard InChI is InChI=1S/C19H19N3OS3/c23-16(22-8-2-5-13(22)15-7-3-9-24-15)10-25-18-17-12-4-1-6-14(12)26-19(17)21-11-20-18/h3,7,9,11,13H,1-2,4-6,8,10H2. The highest BCUT2D eigenvalue weighted by atomic mass is 32.2. The minimum absolute atomic E-state index is 0.226. The predicted octanol–water partition coefficient (Wildman–Crippen LogP) is 4.70. The Morgan fingerprint density at radius 3 is 3.15 bits per heavy atom. The zero-order valence-electron chi connectivity index (χ0n) is 14.3. The number of hydrogen-bond donors (Lipinski definition) is 0. The van der Waals surface area contributed by atoms with E-state index in [2.05, 4.69) is 32.4 Å². The van der Waals surface area contributed by atoms with Crippen LogP contribution in [0.1, 0.15) is 40.6 Å². The molecule has 1 amide bonds. The van der Waals surface area contributed by atoms with Gasteiger partial charge < -0.3 is 4.90 Å². The van der Waals surface area contributed by atoms with Crippen LogP contribution in [0.3, 0.4) is 0 Å². The molecule has 1 aliphatic carbocycles. The van der Waals surface area contributed by atoms with Crippen molar-refractivity contribution in [2.24, 2.45) is 0 Å². The Hall–Kier alpha value is -1.44. The van der Waals surface area contributed by atoms with Crippen molar-refractivity contribution in [1.29, 1.82) is 0 Å². The number of rotatable bonds is 4. The summed E-state index contributed by atoms with van der Waals surface area (Å²) in [6.07, 6.45) is 7.32. The molecular weight excluding hydrogens is 382 g/mol. The minimum atomic E-state index is 0.226. The summed E-state index contributed by atoms with van der Waals surface area (Å²) in [5.74, 6) is 0.683. The zero-order valence-corrected chi connectivity index (χ0v) is 16.8. The molecule has 0 aromatic carbocycles. The number of likely N-dealkylation sites (tertiary alicyclic amines) is 1. The van der Waals surface area contributed by atoms with Gasteiger partial charge in [0.2, 0.25) is 5.91 Å². The maximum atomic E-state index is 12.9. The van der Waals surface area contributed by atoms with E-state index in [0.29, 0.717) is 5.75 Å². The van der Waals surface area contributed by atoms with E-state index in [1.54, 1.807) is 40.8 Å². The smallest absolute Gasteiger partial charge is 0.233 e. The van der Waals surface area contributed by atoms with Crippen LogP contribution in [0.5, 0.6) is 0 Å². The molecule has 7 heteroatoms. The summed E-state index contributed by atoms with van der Waals surface area (Å²) in [5.41, 5.74) is 1.43. The average molecular weight is 402 g/mol. The van der Waals surface area contributed by atoms with Crippen molar-refractivity contribution in [1.82, 2.24) is 14.9 Å². The Labute approximate surface area is 164 Å². The van der Waals surface area contributed by atoms with Crippen LogP contribution in [0.15, 0.2) is 28.9 Å². The van der Waals surface area contributed by atoms with Crippen LogP contribution in [-0.2, 0) is 17.6 Å². The molecule has 1 saturated heterocycles. The zero-order chi connectivity index (χ0) is 17.5. The van der Waals surface area contributed by atoms with E-state index in [1.165, 1.54) is 27.1 Å². The number of hydrogen-bond acceptors (Lipinski definition) is 6. The van der Waals surface area contributed by atoms with Gasteiger partial charge in [0.25, 0.3) is 0 Å². The number of carbonyl (C=O) groups excluding carboxylic acids is 1. The molecule has 2 aliphatic rings. The normalized spacial score (nSPS) is 19.4. The molecule has 4 nitrogen and oxygen atoms in total. The lowest BCUT2D eigenvalue weighted by Gasteiger charge is -2.23. The number of nitrogens with zero attached hydrogens (tertiary/aromatic N) is 3. The summed E-state index contributed by atoms with van der Waals surface area (Å²) in [4.78, 5) is 27.8. The van der Waals surface area contributed by atoms with Gasteiger partial charge in [-0.2, -0.15) is 0 Å². The summed E-state index contributed by atoms with van der Waals surface area (Å²) >= 11 is 5.14. The first kappa shape index (κ1) is 16.7. The quantitative estimate of drug-likeness (QED) is 0.470. The molecule has 0 bridgehead atoms. The fourth-order valence-corrected chi connectivity index (χ4v) is 7.14.